The fraction of sp³-hybridized carbons (Fsp3) is 0.188. The maximum absolute atomic E-state index is 10.8. The Morgan fingerprint density at radius 3 is 2.74 bits per heavy atom. The highest BCUT2D eigenvalue weighted by Crippen LogP contribution is 2.38. The molecule has 0 aliphatic carbocycles. The second-order valence-electron chi connectivity index (χ2n) is 5.31. The van der Waals surface area contributed by atoms with Crippen molar-refractivity contribution in [3.05, 3.63) is 54.1 Å². The van der Waals surface area contributed by atoms with Crippen LogP contribution in [-0.4, -0.2) is 14.7 Å². The predicted molar refractivity (Wildman–Crippen MR) is 74.7 cm³/mol. The SMILES string of the molecule is C[C@]1(O)Cc2ccccc2-c2nc3ccccc3n21. The van der Waals surface area contributed by atoms with Crippen LogP contribution in [0.3, 0.4) is 0 Å². The molecular formula is C16H14N2O. The zero-order chi connectivity index (χ0) is 13.0. The van der Waals surface area contributed by atoms with Crippen molar-refractivity contribution in [1.29, 1.82) is 0 Å². The molecule has 0 radical (unpaired) electrons. The van der Waals surface area contributed by atoms with E-state index in [0.29, 0.717) is 6.42 Å². The molecule has 0 saturated heterocycles. The molecule has 94 valence electrons. The van der Waals surface area contributed by atoms with E-state index in [2.05, 4.69) is 12.1 Å². The van der Waals surface area contributed by atoms with Crippen molar-refractivity contribution in [1.82, 2.24) is 9.55 Å². The van der Waals surface area contributed by atoms with Crippen molar-refractivity contribution < 1.29 is 5.11 Å². The molecule has 0 bridgehead atoms. The first-order valence-corrected chi connectivity index (χ1v) is 6.45. The highest BCUT2D eigenvalue weighted by Gasteiger charge is 2.34. The number of hydrogen-bond donors (Lipinski definition) is 1. The Morgan fingerprint density at radius 1 is 1.11 bits per heavy atom. The molecular weight excluding hydrogens is 236 g/mol. The molecule has 2 heterocycles. The van der Waals surface area contributed by atoms with Gasteiger partial charge in [-0.3, -0.25) is 4.57 Å². The summed E-state index contributed by atoms with van der Waals surface area (Å²) >= 11 is 0. The summed E-state index contributed by atoms with van der Waals surface area (Å²) in [6, 6.07) is 16.1. The lowest BCUT2D eigenvalue weighted by Crippen LogP contribution is -2.35. The maximum Gasteiger partial charge on any atom is 0.144 e. The van der Waals surface area contributed by atoms with Gasteiger partial charge in [-0.05, 0) is 24.6 Å². The van der Waals surface area contributed by atoms with Gasteiger partial charge in [-0.2, -0.15) is 0 Å². The van der Waals surface area contributed by atoms with Crippen molar-refractivity contribution in [3.63, 3.8) is 0 Å². The summed E-state index contributed by atoms with van der Waals surface area (Å²) in [6.07, 6.45) is 0.608. The Labute approximate surface area is 111 Å². The van der Waals surface area contributed by atoms with E-state index in [1.54, 1.807) is 0 Å². The maximum atomic E-state index is 10.8. The summed E-state index contributed by atoms with van der Waals surface area (Å²) in [7, 11) is 0. The molecule has 0 unspecified atom stereocenters. The van der Waals surface area contributed by atoms with E-state index in [9.17, 15) is 5.11 Å². The molecule has 1 N–H and O–H groups in total. The number of benzene rings is 2. The van der Waals surface area contributed by atoms with Crippen LogP contribution in [0.4, 0.5) is 0 Å². The highest BCUT2D eigenvalue weighted by atomic mass is 16.3. The number of fused-ring (bicyclic) bond motifs is 5. The minimum Gasteiger partial charge on any atom is -0.370 e. The fourth-order valence-electron chi connectivity index (χ4n) is 3.03. The van der Waals surface area contributed by atoms with Crippen LogP contribution in [0.2, 0.25) is 0 Å². The van der Waals surface area contributed by atoms with E-state index in [-0.39, 0.29) is 0 Å². The third kappa shape index (κ3) is 1.39. The molecule has 1 aliphatic heterocycles. The number of imidazole rings is 1. The summed E-state index contributed by atoms with van der Waals surface area (Å²) in [5.74, 6) is 0.855. The Kier molecular flexibility index (Phi) is 1.96. The van der Waals surface area contributed by atoms with Crippen LogP contribution in [-0.2, 0) is 12.1 Å². The molecule has 3 nitrogen and oxygen atoms in total. The van der Waals surface area contributed by atoms with Gasteiger partial charge in [0, 0.05) is 12.0 Å². The fourth-order valence-corrected chi connectivity index (χ4v) is 3.03. The number of nitrogens with zero attached hydrogens (tertiary/aromatic N) is 2. The van der Waals surface area contributed by atoms with E-state index in [1.165, 1.54) is 0 Å². The van der Waals surface area contributed by atoms with Crippen LogP contribution in [0.15, 0.2) is 48.5 Å². The van der Waals surface area contributed by atoms with Gasteiger partial charge < -0.3 is 5.11 Å². The van der Waals surface area contributed by atoms with Gasteiger partial charge in [-0.1, -0.05) is 36.4 Å². The molecule has 2 aromatic carbocycles. The van der Waals surface area contributed by atoms with E-state index in [1.807, 2.05) is 47.9 Å². The van der Waals surface area contributed by atoms with Gasteiger partial charge in [0.1, 0.15) is 11.5 Å². The summed E-state index contributed by atoms with van der Waals surface area (Å²) in [6.45, 7) is 1.85. The van der Waals surface area contributed by atoms with Gasteiger partial charge >= 0.3 is 0 Å². The molecule has 4 rings (SSSR count). The van der Waals surface area contributed by atoms with E-state index in [0.717, 1.165) is 28.0 Å². The summed E-state index contributed by atoms with van der Waals surface area (Å²) in [5, 5.41) is 10.8. The second kappa shape index (κ2) is 3.45. The first kappa shape index (κ1) is 10.8. The van der Waals surface area contributed by atoms with Crippen LogP contribution in [0, 0.1) is 0 Å². The number of para-hydroxylation sites is 2. The van der Waals surface area contributed by atoms with Gasteiger partial charge in [0.2, 0.25) is 0 Å². The summed E-state index contributed by atoms with van der Waals surface area (Å²) in [5.41, 5.74) is 3.24. The largest absolute Gasteiger partial charge is 0.370 e. The Morgan fingerprint density at radius 2 is 1.84 bits per heavy atom. The lowest BCUT2D eigenvalue weighted by molar-refractivity contribution is -0.0150. The topological polar surface area (TPSA) is 38.1 Å². The molecule has 3 aromatic rings. The molecule has 0 saturated carbocycles. The van der Waals surface area contributed by atoms with Crippen molar-refractivity contribution in [2.75, 3.05) is 0 Å². The average Bonchev–Trinajstić information content (AvgIpc) is 2.78. The highest BCUT2D eigenvalue weighted by molar-refractivity contribution is 5.82. The van der Waals surface area contributed by atoms with E-state index < -0.39 is 5.72 Å². The van der Waals surface area contributed by atoms with Crippen molar-refractivity contribution in [2.45, 2.75) is 19.1 Å². The zero-order valence-corrected chi connectivity index (χ0v) is 10.7. The van der Waals surface area contributed by atoms with Crippen LogP contribution in [0.1, 0.15) is 12.5 Å². The van der Waals surface area contributed by atoms with E-state index in [4.69, 9.17) is 4.98 Å². The molecule has 19 heavy (non-hydrogen) atoms. The Balaban J connectivity index is 2.16. The standard InChI is InChI=1S/C16H14N2O/c1-16(19)10-11-6-2-3-7-12(11)15-17-13-8-4-5-9-14(13)18(15)16/h2-9,19H,10H2,1H3/t16-/m0/s1. The summed E-state index contributed by atoms with van der Waals surface area (Å²) < 4.78 is 1.95. The van der Waals surface area contributed by atoms with E-state index >= 15 is 0 Å². The smallest absolute Gasteiger partial charge is 0.144 e. The third-order valence-electron chi connectivity index (χ3n) is 3.83. The number of rotatable bonds is 0. The quantitative estimate of drug-likeness (QED) is 0.666. The van der Waals surface area contributed by atoms with Crippen molar-refractivity contribution in [3.8, 4) is 11.4 Å². The van der Waals surface area contributed by atoms with Gasteiger partial charge in [0.25, 0.3) is 0 Å². The molecule has 0 spiro atoms. The third-order valence-corrected chi connectivity index (χ3v) is 3.83. The molecule has 1 atom stereocenters. The van der Waals surface area contributed by atoms with Crippen molar-refractivity contribution >= 4 is 11.0 Å². The number of aromatic nitrogens is 2. The first-order valence-electron chi connectivity index (χ1n) is 6.45. The zero-order valence-electron chi connectivity index (χ0n) is 10.7. The van der Waals surface area contributed by atoms with Gasteiger partial charge in [-0.15, -0.1) is 0 Å². The lowest BCUT2D eigenvalue weighted by Gasteiger charge is -2.33. The summed E-state index contributed by atoms with van der Waals surface area (Å²) in [4.78, 5) is 4.69. The van der Waals surface area contributed by atoms with Crippen LogP contribution in [0.5, 0.6) is 0 Å². The minimum absolute atomic E-state index is 0.608. The monoisotopic (exact) mass is 250 g/mol. The average molecular weight is 250 g/mol. The molecule has 1 aliphatic rings. The molecule has 3 heteroatoms. The van der Waals surface area contributed by atoms with Crippen LogP contribution < -0.4 is 0 Å². The molecule has 0 amide bonds. The first-order chi connectivity index (χ1) is 9.17. The second-order valence-corrected chi connectivity index (χ2v) is 5.31. The molecule has 0 fully saturated rings. The molecule has 1 aromatic heterocycles. The van der Waals surface area contributed by atoms with Gasteiger partial charge in [-0.25, -0.2) is 4.98 Å². The van der Waals surface area contributed by atoms with Gasteiger partial charge in [0.05, 0.1) is 11.0 Å². The number of aliphatic hydroxyl groups is 1. The van der Waals surface area contributed by atoms with Crippen molar-refractivity contribution in [2.24, 2.45) is 0 Å². The normalized spacial score (nSPS) is 21.2. The number of hydrogen-bond acceptors (Lipinski definition) is 2. The van der Waals surface area contributed by atoms with Crippen LogP contribution in [0.25, 0.3) is 22.4 Å². The Hall–Kier alpha value is -2.13. The Bertz CT molecular complexity index is 786. The minimum atomic E-state index is -0.931. The predicted octanol–water partition coefficient (Wildman–Crippen LogP) is 2.92. The lowest BCUT2D eigenvalue weighted by atomic mass is 9.94. The van der Waals surface area contributed by atoms with Crippen LogP contribution >= 0.6 is 0 Å². The van der Waals surface area contributed by atoms with Gasteiger partial charge in [0.15, 0.2) is 0 Å².